The summed E-state index contributed by atoms with van der Waals surface area (Å²) in [5, 5.41) is 23.2. The van der Waals surface area contributed by atoms with E-state index in [4.69, 9.17) is 10.8 Å². The number of nitrogens with one attached hydrogen (secondary N) is 2. The molecule has 0 aliphatic carbocycles. The first kappa shape index (κ1) is 19.7. The molecule has 2 amide bonds. The Bertz CT molecular complexity index is 389. The normalized spacial score (nSPS) is 16.7. The lowest BCUT2D eigenvalue weighted by atomic mass is 10.0. The second kappa shape index (κ2) is 8.85. The zero-order valence-electron chi connectivity index (χ0n) is 12.2. The Labute approximate surface area is 128 Å². The Morgan fingerprint density at radius 3 is 1.90 bits per heavy atom. The molecule has 0 aliphatic heterocycles. The molecule has 4 atom stereocenters. The molecule has 21 heavy (non-hydrogen) atoms. The number of hydrogen-bond acceptors (Lipinski definition) is 6. The molecule has 0 radical (unpaired) electrons. The fourth-order valence-electron chi connectivity index (χ4n) is 1.51. The summed E-state index contributed by atoms with van der Waals surface area (Å²) in [5.41, 5.74) is 5.47. The average molecular weight is 321 g/mol. The van der Waals surface area contributed by atoms with Gasteiger partial charge in [0.25, 0.3) is 0 Å². The summed E-state index contributed by atoms with van der Waals surface area (Å²) >= 11 is 3.86. The quantitative estimate of drug-likeness (QED) is 0.295. The van der Waals surface area contributed by atoms with Crippen LogP contribution in [0, 0.1) is 5.92 Å². The van der Waals surface area contributed by atoms with E-state index in [-0.39, 0.29) is 11.7 Å². The first-order chi connectivity index (χ1) is 9.61. The van der Waals surface area contributed by atoms with E-state index < -0.39 is 42.0 Å². The maximum absolute atomic E-state index is 12.0. The number of aliphatic carboxylic acids is 1. The molecule has 0 fully saturated rings. The number of carboxylic acids is 1. The smallest absolute Gasteiger partial charge is 0.326 e. The highest BCUT2D eigenvalue weighted by Gasteiger charge is 2.31. The van der Waals surface area contributed by atoms with E-state index in [1.807, 2.05) is 0 Å². The highest BCUT2D eigenvalue weighted by molar-refractivity contribution is 7.80. The fourth-order valence-corrected chi connectivity index (χ4v) is 1.67. The number of aliphatic hydroxyl groups is 1. The van der Waals surface area contributed by atoms with Crippen LogP contribution in [0.5, 0.6) is 0 Å². The molecule has 4 unspecified atom stereocenters. The standard InChI is InChI=1S/C12H23N3O5S/c1-5(2)8(12(19)20)14-11(18)9(6(3)16)15-10(17)7(13)4-21/h5-9,16,21H,4,13H2,1-3H3,(H,14,18)(H,15,17)(H,19,20). The number of aliphatic hydroxyl groups excluding tert-OH is 1. The summed E-state index contributed by atoms with van der Waals surface area (Å²) in [6, 6.07) is -3.33. The lowest BCUT2D eigenvalue weighted by Gasteiger charge is -2.25. The zero-order valence-corrected chi connectivity index (χ0v) is 13.1. The van der Waals surface area contributed by atoms with Crippen molar-refractivity contribution in [2.75, 3.05) is 5.75 Å². The third-order valence-corrected chi connectivity index (χ3v) is 3.22. The molecule has 6 N–H and O–H groups in total. The van der Waals surface area contributed by atoms with Gasteiger partial charge < -0.3 is 26.6 Å². The number of thiol groups is 1. The molecule has 0 heterocycles. The third kappa shape index (κ3) is 6.32. The van der Waals surface area contributed by atoms with Gasteiger partial charge in [-0.3, -0.25) is 9.59 Å². The molecule has 9 heteroatoms. The van der Waals surface area contributed by atoms with Crippen LogP contribution in [-0.2, 0) is 14.4 Å². The molecule has 0 bridgehead atoms. The first-order valence-electron chi connectivity index (χ1n) is 6.49. The average Bonchev–Trinajstić information content (AvgIpc) is 2.39. The van der Waals surface area contributed by atoms with E-state index >= 15 is 0 Å². The van der Waals surface area contributed by atoms with Crippen molar-refractivity contribution in [3.63, 3.8) is 0 Å². The molecule has 0 aromatic carbocycles. The number of nitrogens with two attached hydrogens (primary N) is 1. The van der Waals surface area contributed by atoms with E-state index in [9.17, 15) is 19.5 Å². The molecule has 0 aromatic rings. The van der Waals surface area contributed by atoms with Crippen molar-refractivity contribution in [2.45, 2.75) is 45.0 Å². The minimum atomic E-state index is -1.29. The highest BCUT2D eigenvalue weighted by atomic mass is 32.1. The van der Waals surface area contributed by atoms with Crippen LogP contribution in [0.3, 0.4) is 0 Å². The second-order valence-electron chi connectivity index (χ2n) is 5.08. The minimum absolute atomic E-state index is 0.0731. The van der Waals surface area contributed by atoms with Crippen LogP contribution in [0.25, 0.3) is 0 Å². The topological polar surface area (TPSA) is 142 Å². The van der Waals surface area contributed by atoms with Gasteiger partial charge in [0.1, 0.15) is 12.1 Å². The molecular formula is C12H23N3O5S. The van der Waals surface area contributed by atoms with Crippen LogP contribution in [-0.4, -0.2) is 58.0 Å². The monoisotopic (exact) mass is 321 g/mol. The summed E-state index contributed by atoms with van der Waals surface area (Å²) in [7, 11) is 0. The molecule has 8 nitrogen and oxygen atoms in total. The molecule has 0 saturated carbocycles. The highest BCUT2D eigenvalue weighted by Crippen LogP contribution is 2.04. The van der Waals surface area contributed by atoms with Crippen molar-refractivity contribution >= 4 is 30.4 Å². The maximum atomic E-state index is 12.0. The van der Waals surface area contributed by atoms with E-state index in [1.54, 1.807) is 13.8 Å². The molecule has 0 aliphatic rings. The third-order valence-electron chi connectivity index (χ3n) is 2.83. The van der Waals surface area contributed by atoms with E-state index in [0.29, 0.717) is 0 Å². The SMILES string of the molecule is CC(C)C(NC(=O)C(NC(=O)C(N)CS)C(C)O)C(=O)O. The van der Waals surface area contributed by atoms with Crippen LogP contribution in [0.15, 0.2) is 0 Å². The fraction of sp³-hybridized carbons (Fsp3) is 0.750. The van der Waals surface area contributed by atoms with Gasteiger partial charge in [0.2, 0.25) is 11.8 Å². The van der Waals surface area contributed by atoms with Gasteiger partial charge in [0, 0.05) is 5.75 Å². The van der Waals surface area contributed by atoms with Gasteiger partial charge in [-0.2, -0.15) is 12.6 Å². The Morgan fingerprint density at radius 2 is 1.57 bits per heavy atom. The van der Waals surface area contributed by atoms with Crippen molar-refractivity contribution in [2.24, 2.45) is 11.7 Å². The van der Waals surface area contributed by atoms with Crippen LogP contribution in [0.2, 0.25) is 0 Å². The number of hydrogen-bond donors (Lipinski definition) is 6. The van der Waals surface area contributed by atoms with Crippen LogP contribution in [0.4, 0.5) is 0 Å². The summed E-state index contributed by atoms with van der Waals surface area (Å²) < 4.78 is 0. The lowest BCUT2D eigenvalue weighted by molar-refractivity contribution is -0.144. The predicted octanol–water partition coefficient (Wildman–Crippen LogP) is -1.67. The van der Waals surface area contributed by atoms with E-state index in [2.05, 4.69) is 23.3 Å². The molecule has 0 rings (SSSR count). The van der Waals surface area contributed by atoms with Gasteiger partial charge in [-0.1, -0.05) is 13.8 Å². The Balaban J connectivity index is 4.92. The molecule has 122 valence electrons. The Morgan fingerprint density at radius 1 is 1.10 bits per heavy atom. The van der Waals surface area contributed by atoms with Gasteiger partial charge in [0.15, 0.2) is 0 Å². The van der Waals surface area contributed by atoms with Crippen molar-refractivity contribution in [3.05, 3.63) is 0 Å². The van der Waals surface area contributed by atoms with Crippen molar-refractivity contribution in [1.82, 2.24) is 10.6 Å². The number of carbonyl (C=O) groups is 3. The number of amides is 2. The van der Waals surface area contributed by atoms with Gasteiger partial charge in [0.05, 0.1) is 12.1 Å². The lowest BCUT2D eigenvalue weighted by Crippen LogP contribution is -2.59. The summed E-state index contributed by atoms with van der Waals surface area (Å²) in [4.78, 5) is 34.7. The van der Waals surface area contributed by atoms with Crippen LogP contribution < -0.4 is 16.4 Å². The Hall–Kier alpha value is -1.32. The van der Waals surface area contributed by atoms with Crippen LogP contribution in [0.1, 0.15) is 20.8 Å². The van der Waals surface area contributed by atoms with E-state index in [1.165, 1.54) is 6.92 Å². The maximum Gasteiger partial charge on any atom is 0.326 e. The number of rotatable bonds is 8. The number of carboxylic acid groups (broad SMARTS) is 1. The van der Waals surface area contributed by atoms with Crippen molar-refractivity contribution in [3.8, 4) is 0 Å². The van der Waals surface area contributed by atoms with Crippen LogP contribution >= 0.6 is 12.6 Å². The minimum Gasteiger partial charge on any atom is -0.480 e. The van der Waals surface area contributed by atoms with Gasteiger partial charge in [-0.05, 0) is 12.8 Å². The largest absolute Gasteiger partial charge is 0.480 e. The molecule has 0 aromatic heterocycles. The Kier molecular flexibility index (Phi) is 8.30. The zero-order chi connectivity index (χ0) is 16.7. The van der Waals surface area contributed by atoms with Gasteiger partial charge >= 0.3 is 5.97 Å². The second-order valence-corrected chi connectivity index (χ2v) is 5.45. The van der Waals surface area contributed by atoms with Crippen molar-refractivity contribution < 1.29 is 24.6 Å². The molecule has 0 saturated heterocycles. The molecular weight excluding hydrogens is 298 g/mol. The number of carbonyl (C=O) groups excluding carboxylic acids is 2. The first-order valence-corrected chi connectivity index (χ1v) is 7.13. The van der Waals surface area contributed by atoms with Gasteiger partial charge in [-0.15, -0.1) is 0 Å². The van der Waals surface area contributed by atoms with Gasteiger partial charge in [-0.25, -0.2) is 4.79 Å². The molecule has 0 spiro atoms. The summed E-state index contributed by atoms with van der Waals surface area (Å²) in [6.07, 6.45) is -1.21. The predicted molar refractivity (Wildman–Crippen MR) is 79.8 cm³/mol. The summed E-state index contributed by atoms with van der Waals surface area (Å²) in [6.45, 7) is 4.57. The van der Waals surface area contributed by atoms with E-state index in [0.717, 1.165) is 0 Å². The van der Waals surface area contributed by atoms with Crippen molar-refractivity contribution in [1.29, 1.82) is 0 Å². The summed E-state index contributed by atoms with van der Waals surface area (Å²) in [5.74, 6) is -2.91.